The van der Waals surface area contributed by atoms with Gasteiger partial charge in [-0.05, 0) is 6.92 Å². The molecule has 0 aromatic heterocycles. The van der Waals surface area contributed by atoms with Crippen molar-refractivity contribution >= 4 is 20.0 Å². The van der Waals surface area contributed by atoms with Crippen LogP contribution in [-0.4, -0.2) is 37.9 Å². The standard InChI is InChI=1S/C8H15O6P/c1-4-13-15(11)5-7(8(10)12-3)14-6(2)9/h7,15H,4-5H2,1-3H3. The quantitative estimate of drug-likeness (QED) is 0.498. The molecular weight excluding hydrogens is 223 g/mol. The van der Waals surface area contributed by atoms with Crippen LogP contribution in [0.5, 0.6) is 0 Å². The van der Waals surface area contributed by atoms with E-state index in [-0.39, 0.29) is 12.8 Å². The smallest absolute Gasteiger partial charge is 0.347 e. The summed E-state index contributed by atoms with van der Waals surface area (Å²) in [5, 5.41) is 0. The van der Waals surface area contributed by atoms with Gasteiger partial charge in [0.15, 0.2) is 8.03 Å². The van der Waals surface area contributed by atoms with Crippen LogP contribution in [0.25, 0.3) is 0 Å². The van der Waals surface area contributed by atoms with E-state index in [1.54, 1.807) is 6.92 Å². The molecule has 0 fully saturated rings. The predicted octanol–water partition coefficient (Wildman–Crippen LogP) is 0.602. The Morgan fingerprint density at radius 1 is 1.40 bits per heavy atom. The van der Waals surface area contributed by atoms with E-state index in [0.717, 1.165) is 14.0 Å². The first-order valence-corrected chi connectivity index (χ1v) is 5.94. The van der Waals surface area contributed by atoms with Crippen LogP contribution in [0.15, 0.2) is 0 Å². The molecule has 0 radical (unpaired) electrons. The molecule has 0 aromatic rings. The van der Waals surface area contributed by atoms with E-state index in [2.05, 4.69) is 9.47 Å². The van der Waals surface area contributed by atoms with E-state index in [1.165, 1.54) is 0 Å². The van der Waals surface area contributed by atoms with Gasteiger partial charge < -0.3 is 14.0 Å². The van der Waals surface area contributed by atoms with Crippen LogP contribution >= 0.6 is 8.03 Å². The second-order valence-electron chi connectivity index (χ2n) is 2.63. The monoisotopic (exact) mass is 238 g/mol. The van der Waals surface area contributed by atoms with Crippen LogP contribution in [-0.2, 0) is 28.2 Å². The lowest BCUT2D eigenvalue weighted by Crippen LogP contribution is -2.30. The molecule has 15 heavy (non-hydrogen) atoms. The molecule has 0 spiro atoms. The fraction of sp³-hybridized carbons (Fsp3) is 0.750. The van der Waals surface area contributed by atoms with Crippen molar-refractivity contribution in [3.05, 3.63) is 0 Å². The van der Waals surface area contributed by atoms with Crippen molar-refractivity contribution in [2.75, 3.05) is 19.9 Å². The Morgan fingerprint density at radius 3 is 2.40 bits per heavy atom. The third-order valence-corrected chi connectivity index (χ3v) is 2.74. The summed E-state index contributed by atoms with van der Waals surface area (Å²) < 4.78 is 25.1. The van der Waals surface area contributed by atoms with Gasteiger partial charge in [0.25, 0.3) is 0 Å². The number of hydrogen-bond donors (Lipinski definition) is 0. The van der Waals surface area contributed by atoms with E-state index in [4.69, 9.17) is 4.52 Å². The normalized spacial score (nSPS) is 14.1. The van der Waals surface area contributed by atoms with E-state index in [0.29, 0.717) is 0 Å². The minimum absolute atomic E-state index is 0.148. The predicted molar refractivity (Wildman–Crippen MR) is 53.1 cm³/mol. The lowest BCUT2D eigenvalue weighted by Gasteiger charge is -2.13. The average Bonchev–Trinajstić information content (AvgIpc) is 2.15. The van der Waals surface area contributed by atoms with E-state index in [1.807, 2.05) is 0 Å². The van der Waals surface area contributed by atoms with Gasteiger partial charge in [-0.1, -0.05) is 0 Å². The molecule has 0 rings (SSSR count). The molecule has 6 nitrogen and oxygen atoms in total. The van der Waals surface area contributed by atoms with Crippen molar-refractivity contribution in [1.29, 1.82) is 0 Å². The zero-order chi connectivity index (χ0) is 11.8. The maximum Gasteiger partial charge on any atom is 0.347 e. The van der Waals surface area contributed by atoms with Crippen LogP contribution < -0.4 is 0 Å². The molecule has 0 aliphatic rings. The molecule has 0 saturated heterocycles. The molecule has 0 saturated carbocycles. The summed E-state index contributed by atoms with van der Waals surface area (Å²) in [4.78, 5) is 21.8. The van der Waals surface area contributed by atoms with Crippen molar-refractivity contribution < 1.29 is 28.2 Å². The minimum atomic E-state index is -2.37. The summed E-state index contributed by atoms with van der Waals surface area (Å²) in [6.07, 6.45) is -1.30. The molecule has 0 N–H and O–H groups in total. The van der Waals surface area contributed by atoms with Gasteiger partial charge in [0.1, 0.15) is 0 Å². The molecule has 0 aromatic carbocycles. The first-order chi connectivity index (χ1) is 7.01. The molecule has 0 aliphatic carbocycles. The maximum atomic E-state index is 11.2. The highest BCUT2D eigenvalue weighted by Crippen LogP contribution is 2.24. The van der Waals surface area contributed by atoms with Gasteiger partial charge in [0.2, 0.25) is 6.10 Å². The lowest BCUT2D eigenvalue weighted by atomic mass is 10.4. The number of hydrogen-bond acceptors (Lipinski definition) is 6. The summed E-state index contributed by atoms with van der Waals surface area (Å²) in [7, 11) is -1.20. The van der Waals surface area contributed by atoms with Crippen molar-refractivity contribution in [3.63, 3.8) is 0 Å². The first-order valence-electron chi connectivity index (χ1n) is 4.41. The minimum Gasteiger partial charge on any atom is -0.466 e. The second kappa shape index (κ2) is 7.43. The van der Waals surface area contributed by atoms with E-state index >= 15 is 0 Å². The Hall–Kier alpha value is -0.870. The highest BCUT2D eigenvalue weighted by atomic mass is 31.1. The number of ether oxygens (including phenoxy) is 2. The fourth-order valence-corrected chi connectivity index (χ4v) is 1.87. The number of esters is 2. The molecule has 0 heterocycles. The molecule has 88 valence electrons. The van der Waals surface area contributed by atoms with Crippen molar-refractivity contribution in [1.82, 2.24) is 0 Å². The second-order valence-corrected chi connectivity index (χ2v) is 4.07. The van der Waals surface area contributed by atoms with Crippen LogP contribution in [0, 0.1) is 0 Å². The Kier molecular flexibility index (Phi) is 6.99. The van der Waals surface area contributed by atoms with Crippen molar-refractivity contribution in [2.45, 2.75) is 20.0 Å². The summed E-state index contributed by atoms with van der Waals surface area (Å²) >= 11 is 0. The molecule has 7 heteroatoms. The molecule has 2 atom stereocenters. The summed E-state index contributed by atoms with van der Waals surface area (Å²) in [5.41, 5.74) is 0. The van der Waals surface area contributed by atoms with Gasteiger partial charge in [-0.15, -0.1) is 0 Å². The van der Waals surface area contributed by atoms with Gasteiger partial charge in [-0.3, -0.25) is 9.36 Å². The fourth-order valence-electron chi connectivity index (χ4n) is 0.876. The zero-order valence-corrected chi connectivity index (χ0v) is 9.94. The highest BCUT2D eigenvalue weighted by Gasteiger charge is 2.24. The molecule has 0 bridgehead atoms. The van der Waals surface area contributed by atoms with Gasteiger partial charge in [-0.25, -0.2) is 4.79 Å². The van der Waals surface area contributed by atoms with Gasteiger partial charge in [-0.2, -0.15) is 0 Å². The summed E-state index contributed by atoms with van der Waals surface area (Å²) in [6.45, 7) is 3.13. The van der Waals surface area contributed by atoms with Gasteiger partial charge in [0.05, 0.1) is 19.9 Å². The molecule has 2 unspecified atom stereocenters. The summed E-state index contributed by atoms with van der Waals surface area (Å²) in [5.74, 6) is -1.36. The van der Waals surface area contributed by atoms with Crippen LogP contribution in [0.3, 0.4) is 0 Å². The Labute approximate surface area is 88.7 Å². The van der Waals surface area contributed by atoms with E-state index < -0.39 is 26.1 Å². The van der Waals surface area contributed by atoms with Crippen LogP contribution in [0.4, 0.5) is 0 Å². The molecular formula is C8H15O6P. The average molecular weight is 238 g/mol. The third kappa shape index (κ3) is 6.25. The number of carbonyl (C=O) groups excluding carboxylic acids is 2. The Bertz CT molecular complexity index is 252. The number of methoxy groups -OCH3 is 1. The lowest BCUT2D eigenvalue weighted by molar-refractivity contribution is -0.163. The van der Waals surface area contributed by atoms with Crippen molar-refractivity contribution in [3.8, 4) is 0 Å². The van der Waals surface area contributed by atoms with Crippen LogP contribution in [0.2, 0.25) is 0 Å². The highest BCUT2D eigenvalue weighted by molar-refractivity contribution is 7.39. The topological polar surface area (TPSA) is 78.9 Å². The Balaban J connectivity index is 4.30. The maximum absolute atomic E-state index is 11.2. The first kappa shape index (κ1) is 14.1. The molecule has 0 amide bonds. The SMILES string of the molecule is CCO[PH](=O)CC(OC(C)=O)C(=O)OC. The summed E-state index contributed by atoms with van der Waals surface area (Å²) in [6, 6.07) is 0. The van der Waals surface area contributed by atoms with Crippen LogP contribution in [0.1, 0.15) is 13.8 Å². The zero-order valence-electron chi connectivity index (χ0n) is 8.94. The largest absolute Gasteiger partial charge is 0.466 e. The third-order valence-electron chi connectivity index (χ3n) is 1.43. The van der Waals surface area contributed by atoms with Crippen molar-refractivity contribution in [2.24, 2.45) is 0 Å². The van der Waals surface area contributed by atoms with E-state index in [9.17, 15) is 14.2 Å². The number of rotatable bonds is 6. The number of carbonyl (C=O) groups is 2. The van der Waals surface area contributed by atoms with Gasteiger partial charge >= 0.3 is 11.9 Å². The Morgan fingerprint density at radius 2 is 2.00 bits per heavy atom. The molecule has 0 aliphatic heterocycles. The van der Waals surface area contributed by atoms with Gasteiger partial charge in [0, 0.05) is 6.92 Å².